The molecule has 0 aliphatic carbocycles. The van der Waals surface area contributed by atoms with E-state index in [-0.39, 0.29) is 6.04 Å². The van der Waals surface area contributed by atoms with Gasteiger partial charge in [-0.1, -0.05) is 66.7 Å². The standard InChI is InChI=1S/C31H38N4/c1-5-33(6-2)29-22-16-15-21-27(29)30-24-28(32-35(30)26-19-13-10-14-20-26)31(34(7-3)8-4)23-25-17-11-9-12-18-25/h9-23,30H,5-8,24H2,1-4H3. The smallest absolute Gasteiger partial charge is 0.0867 e. The normalized spacial score (nSPS) is 15.8. The van der Waals surface area contributed by atoms with Crippen molar-refractivity contribution in [3.63, 3.8) is 0 Å². The Morgan fingerprint density at radius 2 is 1.40 bits per heavy atom. The van der Waals surface area contributed by atoms with Gasteiger partial charge in [0.1, 0.15) is 0 Å². The molecular weight excluding hydrogens is 428 g/mol. The molecule has 4 rings (SSSR count). The molecule has 0 amide bonds. The molecule has 4 heteroatoms. The van der Waals surface area contributed by atoms with E-state index in [0.29, 0.717) is 0 Å². The molecule has 0 saturated carbocycles. The van der Waals surface area contributed by atoms with Crippen LogP contribution in [0.15, 0.2) is 95.7 Å². The van der Waals surface area contributed by atoms with E-state index in [1.807, 2.05) is 0 Å². The number of anilines is 2. The van der Waals surface area contributed by atoms with Crippen molar-refractivity contribution >= 4 is 23.2 Å². The molecule has 0 bridgehead atoms. The van der Waals surface area contributed by atoms with Crippen LogP contribution in [0.1, 0.15) is 51.3 Å². The lowest BCUT2D eigenvalue weighted by molar-refractivity contribution is 0.403. The van der Waals surface area contributed by atoms with E-state index in [1.165, 1.54) is 22.5 Å². The number of allylic oxidation sites excluding steroid dienone is 1. The van der Waals surface area contributed by atoms with Gasteiger partial charge in [-0.05, 0) is 57.5 Å². The zero-order chi connectivity index (χ0) is 24.6. The molecule has 0 fully saturated rings. The van der Waals surface area contributed by atoms with Gasteiger partial charge in [-0.3, -0.25) is 5.01 Å². The first-order valence-electron chi connectivity index (χ1n) is 13.0. The van der Waals surface area contributed by atoms with Crippen molar-refractivity contribution in [2.75, 3.05) is 36.1 Å². The van der Waals surface area contributed by atoms with E-state index >= 15 is 0 Å². The maximum Gasteiger partial charge on any atom is 0.0867 e. The summed E-state index contributed by atoms with van der Waals surface area (Å²) in [6.07, 6.45) is 3.16. The first-order valence-corrected chi connectivity index (χ1v) is 13.0. The minimum absolute atomic E-state index is 0.138. The lowest BCUT2D eigenvalue weighted by Gasteiger charge is -2.30. The number of hydrazone groups is 1. The second-order valence-corrected chi connectivity index (χ2v) is 8.79. The number of nitrogens with zero attached hydrogens (tertiary/aromatic N) is 4. The van der Waals surface area contributed by atoms with Gasteiger partial charge in [0.25, 0.3) is 0 Å². The van der Waals surface area contributed by atoms with Gasteiger partial charge < -0.3 is 9.80 Å². The minimum Gasteiger partial charge on any atom is -0.372 e. The highest BCUT2D eigenvalue weighted by Crippen LogP contribution is 2.41. The van der Waals surface area contributed by atoms with E-state index in [1.54, 1.807) is 0 Å². The topological polar surface area (TPSA) is 22.1 Å². The van der Waals surface area contributed by atoms with Crippen LogP contribution in [-0.2, 0) is 0 Å². The Bertz CT molecular complexity index is 1130. The van der Waals surface area contributed by atoms with Gasteiger partial charge in [0.15, 0.2) is 0 Å². The predicted octanol–water partition coefficient (Wildman–Crippen LogP) is 7.22. The van der Waals surface area contributed by atoms with Crippen molar-refractivity contribution in [1.29, 1.82) is 0 Å². The minimum atomic E-state index is 0.138. The number of benzene rings is 3. The summed E-state index contributed by atoms with van der Waals surface area (Å²) in [6.45, 7) is 12.8. The molecule has 1 atom stereocenters. The Kier molecular flexibility index (Phi) is 8.25. The van der Waals surface area contributed by atoms with Crippen LogP contribution in [0, 0.1) is 0 Å². The summed E-state index contributed by atoms with van der Waals surface area (Å²) in [4.78, 5) is 4.87. The first kappa shape index (κ1) is 24.6. The van der Waals surface area contributed by atoms with Gasteiger partial charge >= 0.3 is 0 Å². The fourth-order valence-electron chi connectivity index (χ4n) is 4.98. The molecule has 0 radical (unpaired) electrons. The average Bonchev–Trinajstić information content (AvgIpc) is 3.36. The molecule has 1 aliphatic rings. The Balaban J connectivity index is 1.82. The quantitative estimate of drug-likeness (QED) is 0.315. The molecule has 1 heterocycles. The third-order valence-electron chi connectivity index (χ3n) is 6.83. The highest BCUT2D eigenvalue weighted by molar-refractivity contribution is 6.05. The highest BCUT2D eigenvalue weighted by Gasteiger charge is 2.33. The monoisotopic (exact) mass is 466 g/mol. The van der Waals surface area contributed by atoms with Crippen molar-refractivity contribution in [2.45, 2.75) is 40.2 Å². The Morgan fingerprint density at radius 1 is 0.800 bits per heavy atom. The second kappa shape index (κ2) is 11.7. The molecule has 3 aromatic carbocycles. The molecule has 4 nitrogen and oxygen atoms in total. The number of hydrogen-bond donors (Lipinski definition) is 0. The van der Waals surface area contributed by atoms with Crippen LogP contribution in [0.4, 0.5) is 11.4 Å². The largest absolute Gasteiger partial charge is 0.372 e. The molecule has 0 aromatic heterocycles. The van der Waals surface area contributed by atoms with Crippen molar-refractivity contribution in [3.05, 3.63) is 102 Å². The third kappa shape index (κ3) is 5.43. The van der Waals surface area contributed by atoms with E-state index in [4.69, 9.17) is 5.10 Å². The maximum atomic E-state index is 5.30. The van der Waals surface area contributed by atoms with Crippen molar-refractivity contribution in [2.24, 2.45) is 5.10 Å². The third-order valence-corrected chi connectivity index (χ3v) is 6.83. The van der Waals surface area contributed by atoms with Crippen molar-refractivity contribution in [1.82, 2.24) is 4.90 Å². The lowest BCUT2D eigenvalue weighted by atomic mass is 9.96. The average molecular weight is 467 g/mol. The van der Waals surface area contributed by atoms with E-state index in [9.17, 15) is 0 Å². The number of hydrogen-bond acceptors (Lipinski definition) is 4. The zero-order valence-electron chi connectivity index (χ0n) is 21.6. The second-order valence-electron chi connectivity index (χ2n) is 8.79. The van der Waals surface area contributed by atoms with Crippen molar-refractivity contribution < 1.29 is 0 Å². The van der Waals surface area contributed by atoms with Crippen LogP contribution < -0.4 is 9.91 Å². The molecule has 0 spiro atoms. The van der Waals surface area contributed by atoms with Crippen molar-refractivity contribution in [3.8, 4) is 0 Å². The van der Waals surface area contributed by atoms with Crippen LogP contribution in [0.3, 0.4) is 0 Å². The van der Waals surface area contributed by atoms with Gasteiger partial charge in [-0.15, -0.1) is 0 Å². The van der Waals surface area contributed by atoms with Crippen LogP contribution in [0.2, 0.25) is 0 Å². The Hall–Kier alpha value is -3.53. The van der Waals surface area contributed by atoms with Gasteiger partial charge in [0.05, 0.1) is 23.1 Å². The predicted molar refractivity (Wildman–Crippen MR) is 151 cm³/mol. The van der Waals surface area contributed by atoms with Crippen LogP contribution in [0.25, 0.3) is 6.08 Å². The summed E-state index contributed by atoms with van der Waals surface area (Å²) in [6, 6.07) is 30.2. The summed E-state index contributed by atoms with van der Waals surface area (Å²) in [5.41, 5.74) is 7.32. The zero-order valence-corrected chi connectivity index (χ0v) is 21.6. The Morgan fingerprint density at radius 3 is 2.03 bits per heavy atom. The van der Waals surface area contributed by atoms with E-state index in [2.05, 4.69) is 134 Å². The molecule has 3 aromatic rings. The van der Waals surface area contributed by atoms with Gasteiger partial charge in [-0.2, -0.15) is 5.10 Å². The highest BCUT2D eigenvalue weighted by atomic mass is 15.5. The SMILES string of the molecule is CCN(CC)C(=Cc1ccccc1)C1=NN(c2ccccc2)C(c2ccccc2N(CC)CC)C1. The first-order chi connectivity index (χ1) is 17.2. The molecule has 182 valence electrons. The Labute approximate surface area is 211 Å². The fourth-order valence-corrected chi connectivity index (χ4v) is 4.98. The lowest BCUT2D eigenvalue weighted by Crippen LogP contribution is -2.27. The van der Waals surface area contributed by atoms with Gasteiger partial charge in [0.2, 0.25) is 0 Å². The number of para-hydroxylation sites is 2. The molecule has 1 unspecified atom stereocenters. The molecule has 0 N–H and O–H groups in total. The summed E-state index contributed by atoms with van der Waals surface area (Å²) in [5.74, 6) is 0. The van der Waals surface area contributed by atoms with Gasteiger partial charge in [-0.25, -0.2) is 0 Å². The molecule has 1 aliphatic heterocycles. The van der Waals surface area contributed by atoms with E-state index in [0.717, 1.165) is 44.0 Å². The molecule has 0 saturated heterocycles. The van der Waals surface area contributed by atoms with Gasteiger partial charge in [0, 0.05) is 43.9 Å². The van der Waals surface area contributed by atoms with Crippen LogP contribution in [0.5, 0.6) is 0 Å². The summed E-state index contributed by atoms with van der Waals surface area (Å²) < 4.78 is 0. The fraction of sp³-hybridized carbons (Fsp3) is 0.323. The molecule has 35 heavy (non-hydrogen) atoms. The van der Waals surface area contributed by atoms with E-state index < -0.39 is 0 Å². The maximum absolute atomic E-state index is 5.30. The summed E-state index contributed by atoms with van der Waals surface area (Å²) in [5, 5.41) is 7.54. The molecular formula is C31H38N4. The summed E-state index contributed by atoms with van der Waals surface area (Å²) in [7, 11) is 0. The van der Waals surface area contributed by atoms with Crippen LogP contribution in [-0.4, -0.2) is 36.8 Å². The summed E-state index contributed by atoms with van der Waals surface area (Å²) >= 11 is 0. The van der Waals surface area contributed by atoms with Crippen LogP contribution >= 0.6 is 0 Å². The number of rotatable bonds is 10.